The third kappa shape index (κ3) is 3.41. The van der Waals surface area contributed by atoms with E-state index in [1.54, 1.807) is 32.4 Å². The lowest BCUT2D eigenvalue weighted by molar-refractivity contribution is 0.0666. The predicted octanol–water partition coefficient (Wildman–Crippen LogP) is 5.43. The molecule has 0 aliphatic heterocycles. The lowest BCUT2D eigenvalue weighted by Crippen LogP contribution is -2.45. The Morgan fingerprint density at radius 3 is 2.11 bits per heavy atom. The van der Waals surface area contributed by atoms with E-state index >= 15 is 0 Å². The maximum Gasteiger partial charge on any atom is 0.254 e. The van der Waals surface area contributed by atoms with Gasteiger partial charge in [0.15, 0.2) is 0 Å². The summed E-state index contributed by atoms with van der Waals surface area (Å²) in [7, 11) is 3.46. The third-order valence-electron chi connectivity index (χ3n) is 6.99. The molecule has 28 heavy (non-hydrogen) atoms. The molecule has 0 atom stereocenters. The summed E-state index contributed by atoms with van der Waals surface area (Å²) in [5, 5.41) is 0. The maximum absolute atomic E-state index is 12.0. The van der Waals surface area contributed by atoms with Crippen LogP contribution < -0.4 is 4.74 Å². The maximum atomic E-state index is 12.0. The van der Waals surface area contributed by atoms with Crippen LogP contribution in [0.5, 0.6) is 11.6 Å². The molecule has 2 bridgehead atoms. The van der Waals surface area contributed by atoms with Crippen LogP contribution in [0.15, 0.2) is 42.6 Å². The molecule has 0 N–H and O–H groups in total. The average Bonchev–Trinajstić information content (AvgIpc) is 2.68. The van der Waals surface area contributed by atoms with E-state index in [0.29, 0.717) is 16.9 Å². The normalized spacial score (nSPS) is 26.5. The van der Waals surface area contributed by atoms with Crippen LogP contribution in [0, 0.1) is 11.8 Å². The summed E-state index contributed by atoms with van der Waals surface area (Å²) in [5.74, 6) is 2.86. The lowest BCUT2D eigenvalue weighted by Gasteiger charge is -2.52. The summed E-state index contributed by atoms with van der Waals surface area (Å²) in [6, 6.07) is 12.1. The van der Waals surface area contributed by atoms with Crippen molar-refractivity contribution in [1.29, 1.82) is 0 Å². The molecule has 2 aliphatic carbocycles. The summed E-state index contributed by atoms with van der Waals surface area (Å²) in [5.41, 5.74) is 2.32. The zero-order valence-electron chi connectivity index (χ0n) is 17.1. The largest absolute Gasteiger partial charge is 0.439 e. The quantitative estimate of drug-likeness (QED) is 0.712. The van der Waals surface area contributed by atoms with E-state index in [4.69, 9.17) is 4.74 Å². The van der Waals surface area contributed by atoms with Crippen LogP contribution in [0.1, 0.15) is 61.4 Å². The Kier molecular flexibility index (Phi) is 5.13. The van der Waals surface area contributed by atoms with Gasteiger partial charge in [-0.3, -0.25) is 4.79 Å². The Bertz CT molecular complexity index is 805. The van der Waals surface area contributed by atoms with Crippen molar-refractivity contribution in [3.63, 3.8) is 0 Å². The SMILES string of the molecule is CN(C)C(=O)c1ccc(Oc2ccc(C3(C)C4CCCC3CCC4)cc2)nc1. The zero-order chi connectivity index (χ0) is 19.7. The highest BCUT2D eigenvalue weighted by Crippen LogP contribution is 2.54. The molecule has 2 fully saturated rings. The van der Waals surface area contributed by atoms with Gasteiger partial charge in [0.2, 0.25) is 5.88 Å². The van der Waals surface area contributed by atoms with Crippen molar-refractivity contribution in [2.45, 2.75) is 50.9 Å². The van der Waals surface area contributed by atoms with Crippen molar-refractivity contribution in [1.82, 2.24) is 9.88 Å². The molecule has 0 saturated heterocycles. The van der Waals surface area contributed by atoms with Crippen LogP contribution in [0.25, 0.3) is 0 Å². The number of carbonyl (C=O) groups is 1. The minimum Gasteiger partial charge on any atom is -0.439 e. The molecule has 1 aromatic heterocycles. The van der Waals surface area contributed by atoms with Crippen LogP contribution in [0.4, 0.5) is 0 Å². The number of pyridine rings is 1. The van der Waals surface area contributed by atoms with Crippen molar-refractivity contribution in [3.05, 3.63) is 53.7 Å². The molecule has 4 rings (SSSR count). The fraction of sp³-hybridized carbons (Fsp3) is 0.500. The van der Waals surface area contributed by atoms with Gasteiger partial charge in [0.1, 0.15) is 5.75 Å². The van der Waals surface area contributed by atoms with Gasteiger partial charge in [-0.05, 0) is 66.7 Å². The first-order valence-electron chi connectivity index (χ1n) is 10.4. The molecule has 1 heterocycles. The number of hydrogen-bond acceptors (Lipinski definition) is 3. The van der Waals surface area contributed by atoms with E-state index in [9.17, 15) is 4.79 Å². The minimum atomic E-state index is -0.0605. The number of nitrogens with zero attached hydrogens (tertiary/aromatic N) is 2. The minimum absolute atomic E-state index is 0.0605. The van der Waals surface area contributed by atoms with Gasteiger partial charge in [-0.1, -0.05) is 31.9 Å². The van der Waals surface area contributed by atoms with Gasteiger partial charge < -0.3 is 9.64 Å². The van der Waals surface area contributed by atoms with Gasteiger partial charge >= 0.3 is 0 Å². The van der Waals surface area contributed by atoms with E-state index in [2.05, 4.69) is 36.2 Å². The van der Waals surface area contributed by atoms with E-state index in [-0.39, 0.29) is 5.91 Å². The third-order valence-corrected chi connectivity index (χ3v) is 6.99. The van der Waals surface area contributed by atoms with Gasteiger partial charge in [0.25, 0.3) is 5.91 Å². The van der Waals surface area contributed by atoms with Crippen molar-refractivity contribution in [3.8, 4) is 11.6 Å². The highest BCUT2D eigenvalue weighted by atomic mass is 16.5. The second-order valence-electron chi connectivity index (χ2n) is 8.75. The van der Waals surface area contributed by atoms with Gasteiger partial charge in [0.05, 0.1) is 5.56 Å². The van der Waals surface area contributed by atoms with Crippen LogP contribution in [-0.2, 0) is 5.41 Å². The number of carbonyl (C=O) groups excluding carboxylic acids is 1. The van der Waals surface area contributed by atoms with E-state index in [1.165, 1.54) is 49.0 Å². The number of hydrogen-bond donors (Lipinski definition) is 0. The molecule has 1 aromatic carbocycles. The number of fused-ring (bicyclic) bond motifs is 2. The number of amides is 1. The van der Waals surface area contributed by atoms with Gasteiger partial charge in [-0.2, -0.15) is 0 Å². The van der Waals surface area contributed by atoms with Gasteiger partial charge in [-0.15, -0.1) is 0 Å². The van der Waals surface area contributed by atoms with Gasteiger partial charge in [0, 0.05) is 26.4 Å². The Balaban J connectivity index is 1.49. The highest BCUT2D eigenvalue weighted by Gasteiger charge is 2.46. The molecule has 0 unspecified atom stereocenters. The van der Waals surface area contributed by atoms with E-state index in [0.717, 1.165) is 17.6 Å². The molecule has 0 spiro atoms. The molecule has 4 nitrogen and oxygen atoms in total. The standard InChI is InChI=1S/C24H30N2O2/c1-24(18-6-4-7-19(24)9-5-8-18)20-11-13-21(14-12-20)28-22-15-10-17(16-25-22)23(27)26(2)3/h10-16,18-19H,4-9H2,1-3H3. The van der Waals surface area contributed by atoms with Crippen LogP contribution in [-0.4, -0.2) is 29.9 Å². The summed E-state index contributed by atoms with van der Waals surface area (Å²) in [4.78, 5) is 17.8. The molecule has 1 amide bonds. The average molecular weight is 379 g/mol. The summed E-state index contributed by atoms with van der Waals surface area (Å²) in [6.45, 7) is 2.48. The fourth-order valence-electron chi connectivity index (χ4n) is 5.34. The molecule has 2 aliphatic rings. The molecule has 2 saturated carbocycles. The fourth-order valence-corrected chi connectivity index (χ4v) is 5.34. The Labute approximate surface area is 167 Å². The Morgan fingerprint density at radius 2 is 1.61 bits per heavy atom. The smallest absolute Gasteiger partial charge is 0.254 e. The van der Waals surface area contributed by atoms with Crippen molar-refractivity contribution in [2.75, 3.05) is 14.1 Å². The zero-order valence-corrected chi connectivity index (χ0v) is 17.1. The first-order chi connectivity index (χ1) is 13.5. The van der Waals surface area contributed by atoms with Crippen LogP contribution in [0.3, 0.4) is 0 Å². The number of rotatable bonds is 4. The van der Waals surface area contributed by atoms with Crippen LogP contribution in [0.2, 0.25) is 0 Å². The topological polar surface area (TPSA) is 42.4 Å². The van der Waals surface area contributed by atoms with E-state index < -0.39 is 0 Å². The lowest BCUT2D eigenvalue weighted by atomic mass is 9.53. The second-order valence-corrected chi connectivity index (χ2v) is 8.75. The van der Waals surface area contributed by atoms with Gasteiger partial charge in [-0.25, -0.2) is 4.98 Å². The molecule has 0 radical (unpaired) electrons. The Morgan fingerprint density at radius 1 is 1.00 bits per heavy atom. The molecule has 4 heteroatoms. The summed E-state index contributed by atoms with van der Waals surface area (Å²) < 4.78 is 5.91. The number of benzene rings is 1. The van der Waals surface area contributed by atoms with Crippen molar-refractivity contribution < 1.29 is 9.53 Å². The number of ether oxygens (including phenoxy) is 1. The molecule has 2 aromatic rings. The predicted molar refractivity (Wildman–Crippen MR) is 111 cm³/mol. The molecular formula is C24H30N2O2. The number of aromatic nitrogens is 1. The molecular weight excluding hydrogens is 348 g/mol. The summed E-state index contributed by atoms with van der Waals surface area (Å²) >= 11 is 0. The Hall–Kier alpha value is -2.36. The summed E-state index contributed by atoms with van der Waals surface area (Å²) in [6.07, 6.45) is 9.82. The van der Waals surface area contributed by atoms with E-state index in [1.807, 2.05) is 0 Å². The molecule has 148 valence electrons. The second kappa shape index (κ2) is 7.57. The van der Waals surface area contributed by atoms with Crippen molar-refractivity contribution >= 4 is 5.91 Å². The first kappa shape index (κ1) is 19.0. The highest BCUT2D eigenvalue weighted by molar-refractivity contribution is 5.93. The van der Waals surface area contributed by atoms with Crippen molar-refractivity contribution in [2.24, 2.45) is 11.8 Å². The first-order valence-corrected chi connectivity index (χ1v) is 10.4. The van der Waals surface area contributed by atoms with Crippen LogP contribution >= 0.6 is 0 Å². The monoisotopic (exact) mass is 378 g/mol.